The largest absolute Gasteiger partial charge is 0.497 e. The Morgan fingerprint density at radius 3 is 3.25 bits per heavy atom. The van der Waals surface area contributed by atoms with E-state index in [-0.39, 0.29) is 0 Å². The van der Waals surface area contributed by atoms with Crippen LogP contribution in [-0.4, -0.2) is 20.2 Å². The van der Waals surface area contributed by atoms with E-state index in [1.165, 1.54) is 31.4 Å². The zero-order valence-electron chi connectivity index (χ0n) is 9.83. The van der Waals surface area contributed by atoms with E-state index in [4.69, 9.17) is 4.74 Å². The number of hydrogen-bond acceptors (Lipinski definition) is 2. The topological polar surface area (TPSA) is 21.3 Å². The fourth-order valence-electron chi connectivity index (χ4n) is 3.40. The SMILES string of the molecule is COc1cccc(C23CCC(CNC2)C3)c1. The van der Waals surface area contributed by atoms with Gasteiger partial charge in [0.25, 0.3) is 0 Å². The fraction of sp³-hybridized carbons (Fsp3) is 0.571. The first-order valence-electron chi connectivity index (χ1n) is 6.18. The third kappa shape index (κ3) is 1.52. The molecule has 0 aromatic heterocycles. The summed E-state index contributed by atoms with van der Waals surface area (Å²) < 4.78 is 5.33. The minimum absolute atomic E-state index is 0.386. The first-order chi connectivity index (χ1) is 7.82. The van der Waals surface area contributed by atoms with Crippen molar-refractivity contribution in [1.29, 1.82) is 0 Å². The highest BCUT2D eigenvalue weighted by Gasteiger charge is 2.43. The normalized spacial score (nSPS) is 32.7. The fourth-order valence-corrected chi connectivity index (χ4v) is 3.40. The third-order valence-corrected chi connectivity index (χ3v) is 4.29. The molecule has 1 aromatic rings. The Kier molecular flexibility index (Phi) is 2.40. The van der Waals surface area contributed by atoms with Crippen molar-refractivity contribution in [2.24, 2.45) is 5.92 Å². The minimum atomic E-state index is 0.386. The molecule has 1 aliphatic heterocycles. The molecule has 2 unspecified atom stereocenters. The second kappa shape index (κ2) is 3.77. The summed E-state index contributed by atoms with van der Waals surface area (Å²) in [5.41, 5.74) is 1.85. The van der Waals surface area contributed by atoms with Crippen LogP contribution in [0.15, 0.2) is 24.3 Å². The van der Waals surface area contributed by atoms with Gasteiger partial charge in [0, 0.05) is 12.0 Å². The second-order valence-corrected chi connectivity index (χ2v) is 5.25. The van der Waals surface area contributed by atoms with Crippen molar-refractivity contribution in [2.75, 3.05) is 20.2 Å². The van der Waals surface area contributed by atoms with Crippen molar-refractivity contribution in [2.45, 2.75) is 24.7 Å². The molecule has 0 spiro atoms. The lowest BCUT2D eigenvalue weighted by molar-refractivity contribution is 0.325. The maximum absolute atomic E-state index is 5.33. The predicted octanol–water partition coefficient (Wildman–Crippen LogP) is 2.34. The van der Waals surface area contributed by atoms with E-state index in [1.807, 2.05) is 6.07 Å². The number of ether oxygens (including phenoxy) is 1. The maximum atomic E-state index is 5.33. The smallest absolute Gasteiger partial charge is 0.119 e. The van der Waals surface area contributed by atoms with Crippen molar-refractivity contribution in [3.8, 4) is 5.75 Å². The standard InChI is InChI=1S/C14H19NO/c1-16-13-4-2-3-12(7-13)14-6-5-11(8-14)9-15-10-14/h2-4,7,11,15H,5-6,8-10H2,1H3. The van der Waals surface area contributed by atoms with Gasteiger partial charge in [-0.3, -0.25) is 0 Å². The monoisotopic (exact) mass is 217 g/mol. The molecule has 1 heterocycles. The lowest BCUT2D eigenvalue weighted by Crippen LogP contribution is -2.42. The maximum Gasteiger partial charge on any atom is 0.119 e. The molecule has 1 N–H and O–H groups in total. The molecule has 1 saturated carbocycles. The van der Waals surface area contributed by atoms with Gasteiger partial charge in [-0.15, -0.1) is 0 Å². The molecule has 1 aliphatic carbocycles. The van der Waals surface area contributed by atoms with Crippen LogP contribution in [-0.2, 0) is 5.41 Å². The van der Waals surface area contributed by atoms with Crippen LogP contribution in [0.4, 0.5) is 0 Å². The van der Waals surface area contributed by atoms with E-state index in [2.05, 4.69) is 23.5 Å². The second-order valence-electron chi connectivity index (χ2n) is 5.25. The van der Waals surface area contributed by atoms with Gasteiger partial charge in [-0.2, -0.15) is 0 Å². The van der Waals surface area contributed by atoms with Crippen LogP contribution in [0.1, 0.15) is 24.8 Å². The Morgan fingerprint density at radius 2 is 2.38 bits per heavy atom. The Labute approximate surface area is 97.0 Å². The van der Waals surface area contributed by atoms with Crippen molar-refractivity contribution >= 4 is 0 Å². The third-order valence-electron chi connectivity index (χ3n) is 4.29. The molecular formula is C14H19NO. The van der Waals surface area contributed by atoms with E-state index in [0.717, 1.165) is 18.2 Å². The summed E-state index contributed by atoms with van der Waals surface area (Å²) in [6, 6.07) is 8.63. The van der Waals surface area contributed by atoms with Gasteiger partial charge in [0.1, 0.15) is 5.75 Å². The molecule has 0 amide bonds. The summed E-state index contributed by atoms with van der Waals surface area (Å²) in [4.78, 5) is 0. The van der Waals surface area contributed by atoms with Crippen molar-refractivity contribution < 1.29 is 4.74 Å². The Hall–Kier alpha value is -1.02. The number of fused-ring (bicyclic) bond motifs is 2. The molecule has 2 atom stereocenters. The number of methoxy groups -OCH3 is 1. The van der Waals surface area contributed by atoms with Crippen LogP contribution >= 0.6 is 0 Å². The average Bonchev–Trinajstić information content (AvgIpc) is 2.66. The average molecular weight is 217 g/mol. The van der Waals surface area contributed by atoms with Gasteiger partial charge in [0.05, 0.1) is 7.11 Å². The molecule has 16 heavy (non-hydrogen) atoms. The summed E-state index contributed by atoms with van der Waals surface area (Å²) in [5.74, 6) is 1.88. The molecule has 2 bridgehead atoms. The van der Waals surface area contributed by atoms with Crippen LogP contribution < -0.4 is 10.1 Å². The van der Waals surface area contributed by atoms with Gasteiger partial charge < -0.3 is 10.1 Å². The van der Waals surface area contributed by atoms with Crippen LogP contribution in [0.2, 0.25) is 0 Å². The lowest BCUT2D eigenvalue weighted by atomic mass is 9.76. The lowest BCUT2D eigenvalue weighted by Gasteiger charge is -2.34. The van der Waals surface area contributed by atoms with Gasteiger partial charge in [0.15, 0.2) is 0 Å². The van der Waals surface area contributed by atoms with Crippen molar-refractivity contribution in [3.63, 3.8) is 0 Å². The highest BCUT2D eigenvalue weighted by atomic mass is 16.5. The van der Waals surface area contributed by atoms with Crippen LogP contribution in [0.25, 0.3) is 0 Å². The number of piperidine rings is 1. The number of rotatable bonds is 2. The first-order valence-corrected chi connectivity index (χ1v) is 6.18. The summed E-state index contributed by atoms with van der Waals surface area (Å²) in [7, 11) is 1.74. The zero-order valence-corrected chi connectivity index (χ0v) is 9.83. The predicted molar refractivity (Wildman–Crippen MR) is 64.9 cm³/mol. The molecule has 1 saturated heterocycles. The van der Waals surface area contributed by atoms with Gasteiger partial charge in [-0.25, -0.2) is 0 Å². The zero-order chi connectivity index (χ0) is 11.0. The summed E-state index contributed by atoms with van der Waals surface area (Å²) >= 11 is 0. The van der Waals surface area contributed by atoms with Gasteiger partial charge >= 0.3 is 0 Å². The van der Waals surface area contributed by atoms with E-state index in [1.54, 1.807) is 7.11 Å². The molecule has 2 nitrogen and oxygen atoms in total. The first kappa shape index (κ1) is 10.2. The van der Waals surface area contributed by atoms with Gasteiger partial charge in [-0.05, 0) is 49.4 Å². The number of benzene rings is 1. The molecule has 1 aromatic carbocycles. The highest BCUT2D eigenvalue weighted by Crippen LogP contribution is 2.46. The summed E-state index contributed by atoms with van der Waals surface area (Å²) in [6.07, 6.45) is 4.06. The Balaban J connectivity index is 1.95. The van der Waals surface area contributed by atoms with Gasteiger partial charge in [0.2, 0.25) is 0 Å². The van der Waals surface area contributed by atoms with Crippen LogP contribution in [0.3, 0.4) is 0 Å². The Morgan fingerprint density at radius 1 is 1.44 bits per heavy atom. The molecular weight excluding hydrogens is 198 g/mol. The van der Waals surface area contributed by atoms with Crippen molar-refractivity contribution in [1.82, 2.24) is 5.32 Å². The molecule has 2 fully saturated rings. The number of nitrogens with one attached hydrogen (secondary N) is 1. The van der Waals surface area contributed by atoms with Gasteiger partial charge in [-0.1, -0.05) is 12.1 Å². The van der Waals surface area contributed by atoms with E-state index in [9.17, 15) is 0 Å². The highest BCUT2D eigenvalue weighted by molar-refractivity contribution is 5.35. The molecule has 0 radical (unpaired) electrons. The van der Waals surface area contributed by atoms with E-state index >= 15 is 0 Å². The van der Waals surface area contributed by atoms with Crippen LogP contribution in [0.5, 0.6) is 5.75 Å². The molecule has 86 valence electrons. The van der Waals surface area contributed by atoms with E-state index in [0.29, 0.717) is 5.41 Å². The van der Waals surface area contributed by atoms with Crippen LogP contribution in [0, 0.1) is 5.92 Å². The minimum Gasteiger partial charge on any atom is -0.497 e. The molecule has 2 aliphatic rings. The Bertz CT molecular complexity index is 386. The quantitative estimate of drug-likeness (QED) is 0.821. The number of hydrogen-bond donors (Lipinski definition) is 1. The molecule has 2 heteroatoms. The summed E-state index contributed by atoms with van der Waals surface area (Å²) in [5, 5.41) is 3.58. The van der Waals surface area contributed by atoms with Crippen molar-refractivity contribution in [3.05, 3.63) is 29.8 Å². The van der Waals surface area contributed by atoms with E-state index < -0.39 is 0 Å². The summed E-state index contributed by atoms with van der Waals surface area (Å²) in [6.45, 7) is 2.35. The molecule has 3 rings (SSSR count).